The fourth-order valence-corrected chi connectivity index (χ4v) is 2.45. The van der Waals surface area contributed by atoms with Crippen molar-refractivity contribution in [2.24, 2.45) is 0 Å². The van der Waals surface area contributed by atoms with E-state index in [1.807, 2.05) is 19.2 Å². The van der Waals surface area contributed by atoms with Gasteiger partial charge in [-0.25, -0.2) is 0 Å². The van der Waals surface area contributed by atoms with Gasteiger partial charge in [0.25, 0.3) is 0 Å². The van der Waals surface area contributed by atoms with Crippen LogP contribution in [0.5, 0.6) is 0 Å². The second kappa shape index (κ2) is 7.39. The molecule has 0 aliphatic rings. The first-order valence-corrected chi connectivity index (χ1v) is 6.86. The van der Waals surface area contributed by atoms with E-state index in [1.165, 1.54) is 11.3 Å². The van der Waals surface area contributed by atoms with Crippen LogP contribution in [-0.4, -0.2) is 20.1 Å². The number of nitrogens with zero attached hydrogens (tertiary/aromatic N) is 1. The lowest BCUT2D eigenvalue weighted by Crippen LogP contribution is -2.23. The smallest absolute Gasteiger partial charge is 0.0516 e. The standard InChI is InChI=1S/C15H21BrN2/c1-5-9-18(10-6-2)15-8-7-13(11-14(15)16)12(3)17-4/h5-8,11-12,17H,1-2,9-10H2,3-4H3. The Bertz CT molecular complexity index is 405. The molecule has 0 heterocycles. The number of halogens is 1. The van der Waals surface area contributed by atoms with Gasteiger partial charge in [0.15, 0.2) is 0 Å². The van der Waals surface area contributed by atoms with Gasteiger partial charge in [0.1, 0.15) is 0 Å². The molecule has 1 unspecified atom stereocenters. The highest BCUT2D eigenvalue weighted by atomic mass is 79.9. The number of hydrogen-bond acceptors (Lipinski definition) is 2. The summed E-state index contributed by atoms with van der Waals surface area (Å²) in [6.07, 6.45) is 3.81. The Kier molecular flexibility index (Phi) is 6.16. The fraction of sp³-hybridized carbons (Fsp3) is 0.333. The third kappa shape index (κ3) is 3.72. The van der Waals surface area contributed by atoms with Crippen LogP contribution in [0.15, 0.2) is 48.0 Å². The quantitative estimate of drug-likeness (QED) is 0.768. The van der Waals surface area contributed by atoms with Crippen LogP contribution in [0.3, 0.4) is 0 Å². The maximum absolute atomic E-state index is 3.80. The molecule has 1 rings (SSSR count). The van der Waals surface area contributed by atoms with Crippen molar-refractivity contribution < 1.29 is 0 Å². The van der Waals surface area contributed by atoms with Crippen LogP contribution in [-0.2, 0) is 0 Å². The predicted octanol–water partition coefficient (Wildman–Crippen LogP) is 3.91. The summed E-state index contributed by atoms with van der Waals surface area (Å²) >= 11 is 3.65. The van der Waals surface area contributed by atoms with Crippen molar-refractivity contribution in [3.05, 3.63) is 53.5 Å². The van der Waals surface area contributed by atoms with Crippen LogP contribution >= 0.6 is 15.9 Å². The molecule has 1 aromatic rings. The highest BCUT2D eigenvalue weighted by Crippen LogP contribution is 2.29. The average Bonchev–Trinajstić information content (AvgIpc) is 2.37. The second-order valence-corrected chi connectivity index (χ2v) is 5.06. The monoisotopic (exact) mass is 308 g/mol. The Balaban J connectivity index is 3.01. The van der Waals surface area contributed by atoms with E-state index < -0.39 is 0 Å². The zero-order valence-corrected chi connectivity index (χ0v) is 12.7. The molecule has 3 heteroatoms. The van der Waals surface area contributed by atoms with Crippen LogP contribution < -0.4 is 10.2 Å². The fourth-order valence-electron chi connectivity index (χ4n) is 1.80. The van der Waals surface area contributed by atoms with E-state index in [2.05, 4.69) is 64.4 Å². The van der Waals surface area contributed by atoms with E-state index in [4.69, 9.17) is 0 Å². The molecule has 0 fully saturated rings. The largest absolute Gasteiger partial charge is 0.363 e. The van der Waals surface area contributed by atoms with E-state index in [-0.39, 0.29) is 0 Å². The van der Waals surface area contributed by atoms with Gasteiger partial charge in [-0.15, -0.1) is 13.2 Å². The molecule has 0 bridgehead atoms. The Morgan fingerprint density at radius 2 is 1.94 bits per heavy atom. The van der Waals surface area contributed by atoms with E-state index in [0.717, 1.165) is 17.6 Å². The van der Waals surface area contributed by atoms with E-state index in [1.54, 1.807) is 0 Å². The summed E-state index contributed by atoms with van der Waals surface area (Å²) in [7, 11) is 1.97. The van der Waals surface area contributed by atoms with Gasteiger partial charge in [-0.2, -0.15) is 0 Å². The van der Waals surface area contributed by atoms with Crippen LogP contribution in [0.4, 0.5) is 5.69 Å². The molecule has 98 valence electrons. The van der Waals surface area contributed by atoms with Gasteiger partial charge in [-0.3, -0.25) is 0 Å². The topological polar surface area (TPSA) is 15.3 Å². The molecule has 0 spiro atoms. The molecule has 0 aliphatic carbocycles. The Hall–Kier alpha value is -1.06. The molecule has 18 heavy (non-hydrogen) atoms. The van der Waals surface area contributed by atoms with Gasteiger partial charge in [0, 0.05) is 23.6 Å². The zero-order valence-electron chi connectivity index (χ0n) is 11.1. The molecule has 0 aliphatic heterocycles. The SMILES string of the molecule is C=CCN(CC=C)c1ccc(C(C)NC)cc1Br. The summed E-state index contributed by atoms with van der Waals surface area (Å²) in [5, 5.41) is 3.24. The van der Waals surface area contributed by atoms with Gasteiger partial charge in [-0.05, 0) is 47.6 Å². The molecule has 0 amide bonds. The molecular weight excluding hydrogens is 288 g/mol. The van der Waals surface area contributed by atoms with Crippen LogP contribution in [0.1, 0.15) is 18.5 Å². The van der Waals surface area contributed by atoms with Crippen LogP contribution in [0.25, 0.3) is 0 Å². The molecule has 0 saturated carbocycles. The molecule has 1 N–H and O–H groups in total. The van der Waals surface area contributed by atoms with Crippen molar-refractivity contribution in [3.63, 3.8) is 0 Å². The first-order valence-electron chi connectivity index (χ1n) is 6.07. The third-order valence-electron chi connectivity index (χ3n) is 2.94. The lowest BCUT2D eigenvalue weighted by atomic mass is 10.1. The minimum absolute atomic E-state index is 0.350. The molecule has 0 radical (unpaired) electrons. The van der Waals surface area contributed by atoms with E-state index in [0.29, 0.717) is 6.04 Å². The summed E-state index contributed by atoms with van der Waals surface area (Å²) < 4.78 is 1.10. The minimum Gasteiger partial charge on any atom is -0.363 e. The van der Waals surface area contributed by atoms with E-state index in [9.17, 15) is 0 Å². The van der Waals surface area contributed by atoms with Crippen LogP contribution in [0.2, 0.25) is 0 Å². The van der Waals surface area contributed by atoms with Crippen molar-refractivity contribution >= 4 is 21.6 Å². The van der Waals surface area contributed by atoms with Crippen LogP contribution in [0, 0.1) is 0 Å². The number of benzene rings is 1. The van der Waals surface area contributed by atoms with Gasteiger partial charge < -0.3 is 10.2 Å². The predicted molar refractivity (Wildman–Crippen MR) is 84.2 cm³/mol. The van der Waals surface area contributed by atoms with Gasteiger partial charge in [0.2, 0.25) is 0 Å². The number of hydrogen-bond donors (Lipinski definition) is 1. The first kappa shape index (κ1) is 15.0. The second-order valence-electron chi connectivity index (χ2n) is 4.20. The lowest BCUT2D eigenvalue weighted by Gasteiger charge is -2.24. The number of nitrogens with one attached hydrogen (secondary N) is 1. The van der Waals surface area contributed by atoms with Gasteiger partial charge >= 0.3 is 0 Å². The Morgan fingerprint density at radius 1 is 1.33 bits per heavy atom. The van der Waals surface area contributed by atoms with Crippen molar-refractivity contribution in [1.82, 2.24) is 5.32 Å². The number of anilines is 1. The molecular formula is C15H21BrN2. The number of rotatable bonds is 7. The third-order valence-corrected chi connectivity index (χ3v) is 3.58. The summed E-state index contributed by atoms with van der Waals surface area (Å²) in [5.41, 5.74) is 2.44. The average molecular weight is 309 g/mol. The summed E-state index contributed by atoms with van der Waals surface area (Å²) in [4.78, 5) is 2.22. The van der Waals surface area contributed by atoms with Gasteiger partial charge in [0.05, 0.1) is 5.69 Å². The summed E-state index contributed by atoms with van der Waals surface area (Å²) in [6.45, 7) is 11.4. The normalized spacial score (nSPS) is 11.9. The molecule has 0 aromatic heterocycles. The molecule has 2 nitrogen and oxygen atoms in total. The minimum atomic E-state index is 0.350. The maximum atomic E-state index is 3.80. The van der Waals surface area contributed by atoms with Crippen molar-refractivity contribution in [3.8, 4) is 0 Å². The highest BCUT2D eigenvalue weighted by molar-refractivity contribution is 9.10. The molecule has 0 saturated heterocycles. The van der Waals surface area contributed by atoms with Gasteiger partial charge in [-0.1, -0.05) is 18.2 Å². The molecule has 1 aromatic carbocycles. The summed E-state index contributed by atoms with van der Waals surface area (Å²) in [5.74, 6) is 0. The van der Waals surface area contributed by atoms with Crippen molar-refractivity contribution in [2.75, 3.05) is 25.0 Å². The Labute approximate surface area is 119 Å². The van der Waals surface area contributed by atoms with Crippen molar-refractivity contribution in [1.29, 1.82) is 0 Å². The lowest BCUT2D eigenvalue weighted by molar-refractivity contribution is 0.652. The molecule has 1 atom stereocenters. The van der Waals surface area contributed by atoms with E-state index >= 15 is 0 Å². The summed E-state index contributed by atoms with van der Waals surface area (Å²) in [6, 6.07) is 6.80. The maximum Gasteiger partial charge on any atom is 0.0516 e. The Morgan fingerprint density at radius 3 is 2.39 bits per heavy atom. The highest BCUT2D eigenvalue weighted by Gasteiger charge is 2.10. The first-order chi connectivity index (χ1) is 8.63. The van der Waals surface area contributed by atoms with Crippen molar-refractivity contribution in [2.45, 2.75) is 13.0 Å². The zero-order chi connectivity index (χ0) is 13.5.